The Labute approximate surface area is 160 Å². The number of pyridine rings is 1. The lowest BCUT2D eigenvalue weighted by Gasteiger charge is -2.07. The number of aromatic nitrogens is 1. The summed E-state index contributed by atoms with van der Waals surface area (Å²) in [6.45, 7) is -0.185. The van der Waals surface area contributed by atoms with Gasteiger partial charge in [-0.2, -0.15) is 0 Å². The van der Waals surface area contributed by atoms with Gasteiger partial charge in [0.25, 0.3) is 5.56 Å². The van der Waals surface area contributed by atoms with Crippen molar-refractivity contribution in [1.82, 2.24) is 10.3 Å². The Bertz CT molecular complexity index is 1070. The van der Waals surface area contributed by atoms with E-state index >= 15 is 0 Å². The Morgan fingerprint density at radius 1 is 1.11 bits per heavy atom. The van der Waals surface area contributed by atoms with Gasteiger partial charge >= 0.3 is 0 Å². The van der Waals surface area contributed by atoms with Crippen LogP contribution >= 0.6 is 0 Å². The molecule has 0 radical (unpaired) electrons. The van der Waals surface area contributed by atoms with Gasteiger partial charge < -0.3 is 15.0 Å². The van der Waals surface area contributed by atoms with Gasteiger partial charge in [0.2, 0.25) is 5.91 Å². The van der Waals surface area contributed by atoms with E-state index in [2.05, 4.69) is 10.3 Å². The molecular formula is C21H19FN2O4. The maximum Gasteiger partial charge on any atom is 0.251 e. The highest BCUT2D eigenvalue weighted by Gasteiger charge is 2.10. The van der Waals surface area contributed by atoms with Crippen molar-refractivity contribution in [3.05, 3.63) is 75.8 Å². The third kappa shape index (κ3) is 4.62. The Morgan fingerprint density at radius 3 is 2.57 bits per heavy atom. The van der Waals surface area contributed by atoms with Gasteiger partial charge in [-0.25, -0.2) is 4.39 Å². The number of amides is 1. The molecule has 7 heteroatoms. The number of H-pyrrole nitrogens is 1. The molecule has 0 aliphatic carbocycles. The van der Waals surface area contributed by atoms with Crippen LogP contribution in [0.25, 0.3) is 10.9 Å². The number of fused-ring (bicyclic) bond motifs is 1. The smallest absolute Gasteiger partial charge is 0.251 e. The van der Waals surface area contributed by atoms with Crippen LogP contribution in [0.3, 0.4) is 0 Å². The highest BCUT2D eigenvalue weighted by molar-refractivity contribution is 5.99. The van der Waals surface area contributed by atoms with E-state index < -0.39 is 5.82 Å². The SMILES string of the molecule is COc1ccc2[nH]c(=O)c(CCC(=O)NCC(=O)c3ccc(F)cc3)cc2c1. The highest BCUT2D eigenvalue weighted by Crippen LogP contribution is 2.19. The molecule has 0 saturated carbocycles. The molecule has 144 valence electrons. The molecular weight excluding hydrogens is 363 g/mol. The van der Waals surface area contributed by atoms with Crippen molar-refractivity contribution in [3.63, 3.8) is 0 Å². The number of Topliss-reactive ketones (excluding diaryl/α,β-unsaturated/α-hetero) is 1. The summed E-state index contributed by atoms with van der Waals surface area (Å²) in [6.07, 6.45) is 0.300. The van der Waals surface area contributed by atoms with Gasteiger partial charge in [0, 0.05) is 28.5 Å². The molecule has 2 aromatic carbocycles. The lowest BCUT2D eigenvalue weighted by atomic mass is 10.1. The number of ether oxygens (including phenoxy) is 1. The summed E-state index contributed by atoms with van der Waals surface area (Å²) in [5.41, 5.74) is 1.22. The number of aromatic amines is 1. The molecule has 0 unspecified atom stereocenters. The molecule has 0 aliphatic heterocycles. The minimum atomic E-state index is -0.432. The zero-order chi connectivity index (χ0) is 20.1. The number of aryl methyl sites for hydroxylation is 1. The maximum atomic E-state index is 12.9. The molecule has 3 aromatic rings. The average molecular weight is 382 g/mol. The molecule has 0 bridgehead atoms. The minimum absolute atomic E-state index is 0.0647. The summed E-state index contributed by atoms with van der Waals surface area (Å²) in [7, 11) is 1.56. The van der Waals surface area contributed by atoms with Crippen molar-refractivity contribution in [1.29, 1.82) is 0 Å². The lowest BCUT2D eigenvalue weighted by molar-refractivity contribution is -0.120. The van der Waals surface area contributed by atoms with E-state index in [1.54, 1.807) is 31.4 Å². The zero-order valence-corrected chi connectivity index (χ0v) is 15.3. The molecule has 3 rings (SSSR count). The van der Waals surface area contributed by atoms with Gasteiger partial charge in [0.15, 0.2) is 5.78 Å². The van der Waals surface area contributed by atoms with Gasteiger partial charge in [-0.1, -0.05) is 0 Å². The number of halogens is 1. The third-order valence-corrected chi connectivity index (χ3v) is 4.36. The predicted molar refractivity (Wildman–Crippen MR) is 103 cm³/mol. The second-order valence-corrected chi connectivity index (χ2v) is 6.28. The summed E-state index contributed by atoms with van der Waals surface area (Å²) in [5.74, 6) is -0.425. The standard InChI is InChI=1S/C21H19FN2O4/c1-28-17-7-8-18-15(11-17)10-14(21(27)24-18)4-9-20(26)23-12-19(25)13-2-5-16(22)6-3-13/h2-3,5-8,10-11H,4,9,12H2,1H3,(H,23,26)(H,24,27). The van der Waals surface area contributed by atoms with Crippen molar-refractivity contribution < 1.29 is 18.7 Å². The molecule has 1 aromatic heterocycles. The van der Waals surface area contributed by atoms with Crippen LogP contribution in [0.2, 0.25) is 0 Å². The number of hydrogen-bond acceptors (Lipinski definition) is 4. The van der Waals surface area contributed by atoms with Crippen molar-refractivity contribution in [2.75, 3.05) is 13.7 Å². The number of rotatable bonds is 7. The Hall–Kier alpha value is -3.48. The normalized spacial score (nSPS) is 10.6. The second kappa shape index (κ2) is 8.47. The fourth-order valence-electron chi connectivity index (χ4n) is 2.80. The molecule has 0 fully saturated rings. The fraction of sp³-hybridized carbons (Fsp3) is 0.190. The predicted octanol–water partition coefficient (Wildman–Crippen LogP) is 2.61. The van der Waals surface area contributed by atoms with E-state index in [1.807, 2.05) is 0 Å². The first-order chi connectivity index (χ1) is 13.5. The van der Waals surface area contributed by atoms with Gasteiger partial charge in [-0.3, -0.25) is 14.4 Å². The molecule has 2 N–H and O–H groups in total. The van der Waals surface area contributed by atoms with Gasteiger partial charge in [-0.05, 0) is 55.0 Å². The first kappa shape index (κ1) is 19.3. The average Bonchev–Trinajstić information content (AvgIpc) is 2.70. The number of hydrogen-bond donors (Lipinski definition) is 2. The quantitative estimate of drug-likeness (QED) is 0.615. The monoisotopic (exact) mass is 382 g/mol. The van der Waals surface area contributed by atoms with Crippen LogP contribution in [0, 0.1) is 5.82 Å². The number of carbonyl (C=O) groups is 2. The summed E-state index contributed by atoms with van der Waals surface area (Å²) >= 11 is 0. The molecule has 28 heavy (non-hydrogen) atoms. The zero-order valence-electron chi connectivity index (χ0n) is 15.3. The minimum Gasteiger partial charge on any atom is -0.497 e. The maximum absolute atomic E-state index is 12.9. The molecule has 0 aliphatic rings. The van der Waals surface area contributed by atoms with Crippen LogP contribution in [0.4, 0.5) is 4.39 Å². The summed E-state index contributed by atoms with van der Waals surface area (Å²) in [4.78, 5) is 39.0. The molecule has 0 spiro atoms. The largest absolute Gasteiger partial charge is 0.497 e. The Balaban J connectivity index is 1.59. The van der Waals surface area contributed by atoms with Crippen molar-refractivity contribution >= 4 is 22.6 Å². The van der Waals surface area contributed by atoms with Crippen LogP contribution < -0.4 is 15.6 Å². The Kier molecular flexibility index (Phi) is 5.84. The lowest BCUT2D eigenvalue weighted by Crippen LogP contribution is -2.30. The topological polar surface area (TPSA) is 88.3 Å². The number of benzene rings is 2. The van der Waals surface area contributed by atoms with Crippen molar-refractivity contribution in [2.24, 2.45) is 0 Å². The number of methoxy groups -OCH3 is 1. The molecule has 0 saturated heterocycles. The summed E-state index contributed by atoms with van der Waals surface area (Å²) in [6, 6.07) is 12.2. The molecule has 1 amide bonds. The first-order valence-electron chi connectivity index (χ1n) is 8.71. The summed E-state index contributed by atoms with van der Waals surface area (Å²) < 4.78 is 18.1. The van der Waals surface area contributed by atoms with Crippen molar-refractivity contribution in [2.45, 2.75) is 12.8 Å². The van der Waals surface area contributed by atoms with Crippen LogP contribution in [0.1, 0.15) is 22.3 Å². The van der Waals surface area contributed by atoms with E-state index in [4.69, 9.17) is 4.74 Å². The number of nitrogens with one attached hydrogen (secondary N) is 2. The third-order valence-electron chi connectivity index (χ3n) is 4.36. The van der Waals surface area contributed by atoms with Crippen LogP contribution in [0.5, 0.6) is 5.75 Å². The van der Waals surface area contributed by atoms with Crippen LogP contribution in [-0.4, -0.2) is 30.3 Å². The molecule has 1 heterocycles. The molecule has 6 nitrogen and oxygen atoms in total. The van der Waals surface area contributed by atoms with Crippen LogP contribution in [0.15, 0.2) is 53.3 Å². The van der Waals surface area contributed by atoms with Crippen LogP contribution in [-0.2, 0) is 11.2 Å². The second-order valence-electron chi connectivity index (χ2n) is 6.28. The van der Waals surface area contributed by atoms with Gasteiger partial charge in [0.1, 0.15) is 11.6 Å². The van der Waals surface area contributed by atoms with E-state index in [0.29, 0.717) is 22.4 Å². The van der Waals surface area contributed by atoms with E-state index in [-0.39, 0.29) is 36.6 Å². The van der Waals surface area contributed by atoms with E-state index in [9.17, 15) is 18.8 Å². The number of ketones is 1. The Morgan fingerprint density at radius 2 is 1.86 bits per heavy atom. The van der Waals surface area contributed by atoms with Crippen molar-refractivity contribution in [3.8, 4) is 5.75 Å². The highest BCUT2D eigenvalue weighted by atomic mass is 19.1. The van der Waals surface area contributed by atoms with E-state index in [1.165, 1.54) is 24.3 Å². The number of carbonyl (C=O) groups excluding carboxylic acids is 2. The van der Waals surface area contributed by atoms with E-state index in [0.717, 1.165) is 5.39 Å². The van der Waals surface area contributed by atoms with Gasteiger partial charge in [0.05, 0.1) is 13.7 Å². The first-order valence-corrected chi connectivity index (χ1v) is 8.71. The summed E-state index contributed by atoms with van der Waals surface area (Å²) in [5, 5.41) is 3.33. The van der Waals surface area contributed by atoms with Gasteiger partial charge in [-0.15, -0.1) is 0 Å². The molecule has 0 atom stereocenters. The fourth-order valence-corrected chi connectivity index (χ4v) is 2.80.